The second-order valence-corrected chi connectivity index (χ2v) is 16.1. The van der Waals surface area contributed by atoms with Gasteiger partial charge in [0.2, 0.25) is 0 Å². The Bertz CT molecular complexity index is 3330. The van der Waals surface area contributed by atoms with Crippen LogP contribution in [0.25, 0.3) is 82.8 Å². The van der Waals surface area contributed by atoms with Crippen molar-refractivity contribution in [1.29, 1.82) is 0 Å². The first-order chi connectivity index (χ1) is 30.3. The molecular formula is C47H19B15N2. The maximum atomic E-state index is 6.79. The van der Waals surface area contributed by atoms with Crippen LogP contribution in [0.5, 0.6) is 0 Å². The molecular weight excluding hydrogens is 755 g/mol. The minimum Gasteiger partial charge on any atom is -0.297 e. The number of hydrogen-bond acceptors (Lipinski definition) is 1. The van der Waals surface area contributed by atoms with E-state index in [0.29, 0.717) is 27.8 Å². The van der Waals surface area contributed by atoms with Gasteiger partial charge in [0.1, 0.15) is 84.3 Å². The number of imidazole rings is 1. The number of para-hydroxylation sites is 2. The Kier molecular flexibility index (Phi) is 11.0. The zero-order valence-corrected chi connectivity index (χ0v) is 34.5. The van der Waals surface area contributed by atoms with Crippen LogP contribution in [0.3, 0.4) is 0 Å². The molecule has 0 atom stereocenters. The fraction of sp³-hybridized carbons (Fsp3) is 0.0426. The van der Waals surface area contributed by atoms with Crippen molar-refractivity contribution in [2.24, 2.45) is 0 Å². The molecule has 17 heteroatoms. The molecule has 0 amide bonds. The minimum atomic E-state index is -1.98. The van der Waals surface area contributed by atoms with E-state index < -0.39 is 10.3 Å². The van der Waals surface area contributed by atoms with Crippen molar-refractivity contribution in [3.05, 3.63) is 121 Å². The number of rotatable bonds is 7. The zero-order valence-electron chi connectivity index (χ0n) is 34.5. The maximum Gasteiger partial charge on any atom is 0.113 e. The van der Waals surface area contributed by atoms with Gasteiger partial charge in [-0.25, -0.2) is 4.98 Å². The van der Waals surface area contributed by atoms with Crippen LogP contribution in [0.15, 0.2) is 115 Å². The molecule has 9 rings (SSSR count). The van der Waals surface area contributed by atoms with Crippen LogP contribution in [-0.4, -0.2) is 127 Å². The van der Waals surface area contributed by atoms with E-state index in [1.54, 1.807) is 0 Å². The number of nitrogens with zero attached hydrogens (tertiary/aromatic N) is 2. The third kappa shape index (κ3) is 6.82. The van der Waals surface area contributed by atoms with E-state index in [0.717, 1.165) is 55.0 Å². The lowest BCUT2D eigenvalue weighted by atomic mass is 9.23. The van der Waals surface area contributed by atoms with Gasteiger partial charge in [-0.1, -0.05) is 112 Å². The predicted molar refractivity (Wildman–Crippen MR) is 285 cm³/mol. The summed E-state index contributed by atoms with van der Waals surface area (Å²) < 4.78 is 1.81. The number of aromatic nitrogens is 2. The molecule has 0 fully saturated rings. The van der Waals surface area contributed by atoms with Crippen LogP contribution in [0.2, 0.25) is 5.11 Å². The Balaban J connectivity index is 1.23. The van der Waals surface area contributed by atoms with Crippen molar-refractivity contribution in [2.75, 3.05) is 0 Å². The molecule has 64 heavy (non-hydrogen) atoms. The molecule has 0 N–H and O–H groups in total. The van der Waals surface area contributed by atoms with Crippen molar-refractivity contribution in [3.63, 3.8) is 0 Å². The van der Waals surface area contributed by atoms with Gasteiger partial charge in [0.15, 0.2) is 0 Å². The Morgan fingerprint density at radius 2 is 0.781 bits per heavy atom. The molecule has 0 bridgehead atoms. The molecule has 1 aromatic heterocycles. The van der Waals surface area contributed by atoms with Crippen LogP contribution in [0.4, 0.5) is 0 Å². The topological polar surface area (TPSA) is 17.8 Å². The van der Waals surface area contributed by atoms with Crippen LogP contribution in [-0.2, 0) is 5.21 Å². The zero-order chi connectivity index (χ0) is 45.7. The van der Waals surface area contributed by atoms with Crippen molar-refractivity contribution in [2.45, 2.75) is 10.3 Å². The molecule has 0 spiro atoms. The van der Waals surface area contributed by atoms with Crippen molar-refractivity contribution < 1.29 is 0 Å². The lowest BCUT2D eigenvalue weighted by Crippen LogP contribution is -2.55. The largest absolute Gasteiger partial charge is 0.297 e. The van der Waals surface area contributed by atoms with Crippen LogP contribution in [0, 0.1) is 0 Å². The van der Waals surface area contributed by atoms with Crippen molar-refractivity contribution in [1.82, 2.24) is 9.55 Å². The van der Waals surface area contributed by atoms with Gasteiger partial charge in [0.05, 0.1) is 50.3 Å². The molecule has 0 aliphatic heterocycles. The third-order valence-corrected chi connectivity index (χ3v) is 12.2. The van der Waals surface area contributed by atoms with E-state index in [-0.39, 0.29) is 60.5 Å². The Hall–Kier alpha value is -5.28. The SMILES string of the molecule is [B]c1c([B])c([B])c(-c2ccc3c(-c4ccc(-c5ccc(-n6c(C([B])([B])C([B])([B])[B])nc7ccccc76)cc5)cc4)c4ccccc4c(-c4c([B])c([B])c([B])c([B])c4[B])c3c2)c([B])c1[B]. The van der Waals surface area contributed by atoms with E-state index in [1.807, 2.05) is 95.6 Å². The monoisotopic (exact) mass is 776 g/mol. The average Bonchev–Trinajstić information content (AvgIpc) is 3.69. The second-order valence-electron chi connectivity index (χ2n) is 16.1. The van der Waals surface area contributed by atoms with E-state index in [1.165, 1.54) is 0 Å². The standard InChI is InChI=1S/C47H19B15N2/c48-35-32(36(49)40(53)43(56)39(35)52)23-15-18-27-28(19-23)33(34-37(50)41(54)44(57)42(55)38(34)51)26-6-2-1-5-25(26)31(27)22-11-9-20(10-12-22)21-13-16-24(17-14-21)64-30-8-4-3-7-29(30)63-45(64)46(58,59)47(60,61)62/h1-19H. The first kappa shape index (κ1) is 44.0. The third-order valence-electron chi connectivity index (χ3n) is 12.2. The number of fused-ring (bicyclic) bond motifs is 3. The van der Waals surface area contributed by atoms with E-state index in [2.05, 4.69) is 29.2 Å². The highest BCUT2D eigenvalue weighted by Gasteiger charge is 2.36. The summed E-state index contributed by atoms with van der Waals surface area (Å²) in [6, 6.07) is 37.4. The smallest absolute Gasteiger partial charge is 0.113 e. The van der Waals surface area contributed by atoms with E-state index in [4.69, 9.17) is 118 Å². The minimum absolute atomic E-state index is 0.0988. The Labute approximate surface area is 393 Å². The van der Waals surface area contributed by atoms with Gasteiger partial charge in [0, 0.05) is 5.69 Å². The molecule has 8 aromatic carbocycles. The molecule has 9 aromatic rings. The number of benzene rings is 8. The summed E-state index contributed by atoms with van der Waals surface area (Å²) in [6.07, 6.45) is 0. The summed E-state index contributed by atoms with van der Waals surface area (Å²) in [4.78, 5) is 4.69. The molecule has 0 unspecified atom stereocenters. The fourth-order valence-corrected chi connectivity index (χ4v) is 8.58. The van der Waals surface area contributed by atoms with Crippen molar-refractivity contribution in [3.8, 4) is 50.2 Å². The molecule has 0 saturated heterocycles. The summed E-state index contributed by atoms with van der Waals surface area (Å²) in [6.45, 7) is 0. The van der Waals surface area contributed by atoms with Crippen LogP contribution >= 0.6 is 0 Å². The molecule has 262 valence electrons. The van der Waals surface area contributed by atoms with Gasteiger partial charge >= 0.3 is 0 Å². The van der Waals surface area contributed by atoms with Gasteiger partial charge in [-0.05, 0) is 96.4 Å². The summed E-state index contributed by atoms with van der Waals surface area (Å²) in [5.41, 5.74) is 9.40. The second kappa shape index (κ2) is 16.0. The quantitative estimate of drug-likeness (QED) is 0.136. The molecule has 30 radical (unpaired) electrons. The van der Waals surface area contributed by atoms with E-state index >= 15 is 0 Å². The van der Waals surface area contributed by atoms with Crippen molar-refractivity contribution >= 4 is 205 Å². The molecule has 2 nitrogen and oxygen atoms in total. The van der Waals surface area contributed by atoms with Gasteiger partial charge < -0.3 is 0 Å². The summed E-state index contributed by atoms with van der Waals surface area (Å²) >= 11 is 0. The Morgan fingerprint density at radius 1 is 0.359 bits per heavy atom. The summed E-state index contributed by atoms with van der Waals surface area (Å²) in [5, 5.41) is -0.592. The highest BCUT2D eigenvalue weighted by Crippen LogP contribution is 2.44. The first-order valence-electron chi connectivity index (χ1n) is 20.0. The molecule has 0 aliphatic rings. The van der Waals surface area contributed by atoms with E-state index in [9.17, 15) is 0 Å². The lowest BCUT2D eigenvalue weighted by molar-refractivity contribution is 0.757. The van der Waals surface area contributed by atoms with Gasteiger partial charge in [-0.3, -0.25) is 4.57 Å². The Morgan fingerprint density at radius 3 is 1.33 bits per heavy atom. The molecule has 0 saturated carbocycles. The van der Waals surface area contributed by atoms with Gasteiger partial charge in [-0.2, -0.15) is 0 Å². The number of hydrogen-bond donors (Lipinski definition) is 0. The van der Waals surface area contributed by atoms with Crippen LogP contribution in [0.1, 0.15) is 5.82 Å². The fourth-order valence-electron chi connectivity index (χ4n) is 8.58. The maximum absolute atomic E-state index is 6.79. The lowest BCUT2D eigenvalue weighted by Gasteiger charge is -2.41. The predicted octanol–water partition coefficient (Wildman–Crippen LogP) is -1.99. The van der Waals surface area contributed by atoms with Gasteiger partial charge in [-0.15, -0.1) is 37.9 Å². The highest BCUT2D eigenvalue weighted by atomic mass is 15.1. The molecule has 0 aliphatic carbocycles. The van der Waals surface area contributed by atoms with Gasteiger partial charge in [0.25, 0.3) is 0 Å². The molecule has 1 heterocycles. The van der Waals surface area contributed by atoms with Crippen LogP contribution < -0.4 is 54.6 Å². The highest BCUT2D eigenvalue weighted by molar-refractivity contribution is 6.70. The first-order valence-corrected chi connectivity index (χ1v) is 20.0. The average molecular weight is 774 g/mol. The normalized spacial score (nSPS) is 12.1. The summed E-state index contributed by atoms with van der Waals surface area (Å²) in [5.74, 6) is 0.207. The summed E-state index contributed by atoms with van der Waals surface area (Å²) in [7, 11) is 96.0.